The number of carbonyl (C=O) groups is 1. The van der Waals surface area contributed by atoms with Crippen LogP contribution in [0, 0.1) is 0 Å². The van der Waals surface area contributed by atoms with Crippen LogP contribution < -0.4 is 10.4 Å². The molecule has 1 aromatic heterocycles. The molecule has 0 spiro atoms. The first-order valence-electron chi connectivity index (χ1n) is 11.2. The minimum absolute atomic E-state index is 0.328. The fourth-order valence-electron chi connectivity index (χ4n) is 3.71. The van der Waals surface area contributed by atoms with Crippen LogP contribution in [0.25, 0.3) is 11.0 Å². The fourth-order valence-corrected chi connectivity index (χ4v) is 4.91. The Bertz CT molecular complexity index is 1190. The van der Waals surface area contributed by atoms with Gasteiger partial charge in [-0.1, -0.05) is 37.9 Å². The van der Waals surface area contributed by atoms with Crippen molar-refractivity contribution >= 4 is 40.3 Å². The van der Waals surface area contributed by atoms with Crippen LogP contribution in [0.5, 0.6) is 5.75 Å². The van der Waals surface area contributed by atoms with E-state index >= 15 is 0 Å². The van der Waals surface area contributed by atoms with E-state index < -0.39 is 11.9 Å². The highest BCUT2D eigenvalue weighted by molar-refractivity contribution is 7.99. The third-order valence-corrected chi connectivity index (χ3v) is 7.15. The molecular weight excluding hydrogens is 460 g/mol. The predicted molar refractivity (Wildman–Crippen MR) is 134 cm³/mol. The quantitative estimate of drug-likeness (QED) is 0.183. The molecule has 0 aliphatic heterocycles. The van der Waals surface area contributed by atoms with Crippen LogP contribution in [0.1, 0.15) is 56.2 Å². The summed E-state index contributed by atoms with van der Waals surface area (Å²) in [6.45, 7) is 6.29. The first-order chi connectivity index (χ1) is 15.8. The molecule has 33 heavy (non-hydrogen) atoms. The van der Waals surface area contributed by atoms with Crippen molar-refractivity contribution in [2.75, 3.05) is 12.4 Å². The highest BCUT2D eigenvalue weighted by Crippen LogP contribution is 2.32. The van der Waals surface area contributed by atoms with Crippen molar-refractivity contribution < 1.29 is 19.1 Å². The van der Waals surface area contributed by atoms with Gasteiger partial charge in [0.25, 0.3) is 0 Å². The minimum atomic E-state index is -0.870. The van der Waals surface area contributed by atoms with E-state index in [1.165, 1.54) is 0 Å². The number of halogens is 1. The number of carboxylic acid groups (broad SMARTS) is 1. The molecule has 1 heterocycles. The van der Waals surface area contributed by atoms with Gasteiger partial charge in [-0.2, -0.15) is 0 Å². The predicted octanol–water partition coefficient (Wildman–Crippen LogP) is 6.71. The Morgan fingerprint density at radius 3 is 2.67 bits per heavy atom. The molecule has 0 fully saturated rings. The summed E-state index contributed by atoms with van der Waals surface area (Å²) in [6, 6.07) is 10.9. The van der Waals surface area contributed by atoms with Crippen LogP contribution >= 0.6 is 23.4 Å². The van der Waals surface area contributed by atoms with Gasteiger partial charge in [-0.05, 0) is 61.6 Å². The van der Waals surface area contributed by atoms with Gasteiger partial charge in [0.1, 0.15) is 11.3 Å². The van der Waals surface area contributed by atoms with Crippen molar-refractivity contribution in [2.45, 2.75) is 57.3 Å². The largest absolute Gasteiger partial charge is 0.493 e. The van der Waals surface area contributed by atoms with Crippen LogP contribution in [0.15, 0.2) is 50.5 Å². The topological polar surface area (TPSA) is 76.7 Å². The summed E-state index contributed by atoms with van der Waals surface area (Å²) in [5, 5.41) is 10.7. The molecular formula is C26H29ClO5S. The number of carboxylic acids is 1. The standard InChI is InChI=1S/C26H29ClO5S/c1-4-7-20-22(10-9-19-17(5-2)15-24(28)32-25(19)20)31-12-6-13-33-23-11-8-18(14-21(23)27)16(3)26(29)30/h8-11,14-16H,4-7,12-13H2,1-3H3,(H,29,30). The van der Waals surface area contributed by atoms with Crippen LogP contribution in [-0.2, 0) is 17.6 Å². The molecule has 176 valence electrons. The Balaban J connectivity index is 1.64. The summed E-state index contributed by atoms with van der Waals surface area (Å²) in [5.74, 6) is 0.104. The average molecular weight is 489 g/mol. The Kier molecular flexibility index (Phi) is 8.87. The summed E-state index contributed by atoms with van der Waals surface area (Å²) >= 11 is 7.97. The van der Waals surface area contributed by atoms with Gasteiger partial charge in [-0.3, -0.25) is 4.79 Å². The SMILES string of the molecule is CCCc1c(OCCCSc2ccc(C(C)C(=O)O)cc2Cl)ccc2c(CC)cc(=O)oc12. The molecule has 0 radical (unpaired) electrons. The van der Waals surface area contributed by atoms with E-state index in [-0.39, 0.29) is 5.63 Å². The first-order valence-corrected chi connectivity index (χ1v) is 12.6. The van der Waals surface area contributed by atoms with E-state index in [0.717, 1.165) is 58.6 Å². The lowest BCUT2D eigenvalue weighted by Crippen LogP contribution is -2.07. The van der Waals surface area contributed by atoms with Gasteiger partial charge in [0.05, 0.1) is 17.5 Å². The van der Waals surface area contributed by atoms with Gasteiger partial charge < -0.3 is 14.3 Å². The molecule has 0 aliphatic rings. The molecule has 0 aliphatic carbocycles. The second-order valence-corrected chi connectivity index (χ2v) is 9.46. The number of ether oxygens (including phenoxy) is 1. The zero-order valence-corrected chi connectivity index (χ0v) is 20.7. The Labute approximate surface area is 203 Å². The van der Waals surface area contributed by atoms with Gasteiger partial charge in [0.15, 0.2) is 0 Å². The molecule has 0 saturated heterocycles. The maximum absolute atomic E-state index is 12.0. The van der Waals surface area contributed by atoms with E-state index in [1.54, 1.807) is 30.8 Å². The monoisotopic (exact) mass is 488 g/mol. The lowest BCUT2D eigenvalue weighted by Gasteiger charge is -2.14. The zero-order valence-electron chi connectivity index (χ0n) is 19.2. The van der Waals surface area contributed by atoms with Crippen molar-refractivity contribution in [1.29, 1.82) is 0 Å². The Morgan fingerprint density at radius 2 is 2.00 bits per heavy atom. The number of hydrogen-bond acceptors (Lipinski definition) is 5. The molecule has 0 bridgehead atoms. The fraction of sp³-hybridized carbons (Fsp3) is 0.385. The number of fused-ring (bicyclic) bond motifs is 1. The van der Waals surface area contributed by atoms with Gasteiger partial charge in [-0.15, -0.1) is 11.8 Å². The number of rotatable bonds is 11. The molecule has 3 aromatic rings. The molecule has 7 heteroatoms. The molecule has 1 N–H and O–H groups in total. The second-order valence-electron chi connectivity index (χ2n) is 7.91. The third kappa shape index (κ3) is 6.12. The molecule has 1 atom stereocenters. The summed E-state index contributed by atoms with van der Waals surface area (Å²) in [4.78, 5) is 24.1. The van der Waals surface area contributed by atoms with E-state index in [2.05, 4.69) is 6.92 Å². The number of aryl methyl sites for hydroxylation is 2. The van der Waals surface area contributed by atoms with Crippen molar-refractivity contribution in [3.8, 4) is 5.75 Å². The Hall–Kier alpha value is -2.44. The van der Waals surface area contributed by atoms with E-state index in [0.29, 0.717) is 22.8 Å². The summed E-state index contributed by atoms with van der Waals surface area (Å²) in [6.07, 6.45) is 3.26. The van der Waals surface area contributed by atoms with Crippen LogP contribution in [-0.4, -0.2) is 23.4 Å². The Morgan fingerprint density at radius 1 is 1.21 bits per heavy atom. The van der Waals surface area contributed by atoms with E-state index in [4.69, 9.17) is 25.9 Å². The number of benzene rings is 2. The lowest BCUT2D eigenvalue weighted by atomic mass is 10.0. The van der Waals surface area contributed by atoms with E-state index in [1.807, 2.05) is 31.2 Å². The zero-order chi connectivity index (χ0) is 24.0. The molecule has 3 rings (SSSR count). The van der Waals surface area contributed by atoms with Gasteiger partial charge in [0.2, 0.25) is 0 Å². The molecule has 5 nitrogen and oxygen atoms in total. The maximum atomic E-state index is 12.0. The number of hydrogen-bond donors (Lipinski definition) is 1. The van der Waals surface area contributed by atoms with E-state index in [9.17, 15) is 9.59 Å². The highest BCUT2D eigenvalue weighted by atomic mass is 35.5. The molecule has 1 unspecified atom stereocenters. The van der Waals surface area contributed by atoms with Gasteiger partial charge >= 0.3 is 11.6 Å². The summed E-state index contributed by atoms with van der Waals surface area (Å²) < 4.78 is 11.7. The normalized spacial score (nSPS) is 12.1. The van der Waals surface area contributed by atoms with Gasteiger partial charge in [-0.25, -0.2) is 4.79 Å². The summed E-state index contributed by atoms with van der Waals surface area (Å²) in [7, 11) is 0. The van der Waals surface area contributed by atoms with Crippen molar-refractivity contribution in [2.24, 2.45) is 0 Å². The van der Waals surface area contributed by atoms with Crippen molar-refractivity contribution in [3.05, 3.63) is 68.5 Å². The molecule has 0 saturated carbocycles. The minimum Gasteiger partial charge on any atom is -0.493 e. The third-order valence-electron chi connectivity index (χ3n) is 5.57. The molecule has 0 amide bonds. The summed E-state index contributed by atoms with van der Waals surface area (Å²) in [5.41, 5.74) is 2.93. The van der Waals surface area contributed by atoms with Crippen LogP contribution in [0.2, 0.25) is 5.02 Å². The second kappa shape index (κ2) is 11.6. The molecule has 2 aromatic carbocycles. The van der Waals surface area contributed by atoms with Crippen molar-refractivity contribution in [1.82, 2.24) is 0 Å². The van der Waals surface area contributed by atoms with Gasteiger partial charge in [0, 0.05) is 27.7 Å². The van der Waals surface area contributed by atoms with Crippen LogP contribution in [0.4, 0.5) is 0 Å². The lowest BCUT2D eigenvalue weighted by molar-refractivity contribution is -0.138. The smallest absolute Gasteiger partial charge is 0.336 e. The first kappa shape index (κ1) is 25.2. The maximum Gasteiger partial charge on any atom is 0.336 e. The average Bonchev–Trinajstić information content (AvgIpc) is 2.79. The van der Waals surface area contributed by atoms with Crippen molar-refractivity contribution in [3.63, 3.8) is 0 Å². The number of thioether (sulfide) groups is 1. The highest BCUT2D eigenvalue weighted by Gasteiger charge is 2.16. The number of aliphatic carboxylic acids is 1. The van der Waals surface area contributed by atoms with Crippen LogP contribution in [0.3, 0.4) is 0 Å².